The van der Waals surface area contributed by atoms with Crippen molar-refractivity contribution < 1.29 is 24.0 Å². The van der Waals surface area contributed by atoms with Crippen LogP contribution in [0.3, 0.4) is 0 Å². The monoisotopic (exact) mass is 549 g/mol. The molecular weight excluding hydrogens is 529 g/mol. The fourth-order valence-electron chi connectivity index (χ4n) is 3.02. The second-order valence-electron chi connectivity index (χ2n) is 6.67. The first-order valence-corrected chi connectivity index (χ1v) is 10.7. The summed E-state index contributed by atoms with van der Waals surface area (Å²) in [4.78, 5) is 36.0. The quantitative estimate of drug-likeness (QED) is 0.125. The molecule has 2 aromatic carbocycles. The van der Waals surface area contributed by atoms with Crippen molar-refractivity contribution in [2.75, 3.05) is 13.2 Å². The van der Waals surface area contributed by atoms with E-state index < -0.39 is 16.9 Å². The average Bonchev–Trinajstić information content (AvgIpc) is 3.01. The van der Waals surface area contributed by atoms with E-state index in [0.717, 1.165) is 4.90 Å². The lowest BCUT2D eigenvalue weighted by Crippen LogP contribution is -2.30. The molecule has 32 heavy (non-hydrogen) atoms. The Bertz CT molecular complexity index is 1110. The van der Waals surface area contributed by atoms with Crippen LogP contribution in [-0.4, -0.2) is 34.9 Å². The number of non-ortho nitro benzene ring substituents is 1. The van der Waals surface area contributed by atoms with Crippen LogP contribution in [0.15, 0.2) is 54.8 Å². The van der Waals surface area contributed by atoms with Crippen LogP contribution in [0, 0.1) is 13.7 Å². The van der Waals surface area contributed by atoms with Crippen molar-refractivity contribution in [3.63, 3.8) is 0 Å². The van der Waals surface area contributed by atoms with E-state index in [1.165, 1.54) is 18.2 Å². The number of nitrogens with one attached hydrogen (secondary N) is 1. The lowest BCUT2D eigenvalue weighted by molar-refractivity contribution is -0.384. The van der Waals surface area contributed by atoms with Gasteiger partial charge in [0.05, 0.1) is 15.1 Å². The molecule has 0 atom stereocenters. The summed E-state index contributed by atoms with van der Waals surface area (Å²) in [5.41, 5.74) is 1.43. The Morgan fingerprint density at radius 2 is 2.03 bits per heavy atom. The van der Waals surface area contributed by atoms with Crippen molar-refractivity contribution >= 4 is 46.3 Å². The fraction of sp³-hybridized carbons (Fsp3) is 0.182. The number of urea groups is 1. The van der Waals surface area contributed by atoms with Crippen molar-refractivity contribution in [1.82, 2.24) is 10.2 Å². The van der Waals surface area contributed by atoms with Gasteiger partial charge in [-0.25, -0.2) is 4.79 Å². The predicted octanol–water partition coefficient (Wildman–Crippen LogP) is 4.26. The number of ether oxygens (including phenoxy) is 2. The van der Waals surface area contributed by atoms with Gasteiger partial charge in [-0.1, -0.05) is 18.2 Å². The summed E-state index contributed by atoms with van der Waals surface area (Å²) in [7, 11) is 0. The minimum atomic E-state index is -0.502. The third kappa shape index (κ3) is 5.25. The molecule has 1 N–H and O–H groups in total. The maximum atomic E-state index is 12.4. The number of halogens is 1. The smallest absolute Gasteiger partial charge is 0.329 e. The molecule has 9 nitrogen and oxygen atoms in total. The summed E-state index contributed by atoms with van der Waals surface area (Å²) >= 11 is 2.09. The number of amides is 3. The van der Waals surface area contributed by atoms with Crippen LogP contribution in [-0.2, 0) is 11.4 Å². The third-order valence-corrected chi connectivity index (χ3v) is 5.22. The van der Waals surface area contributed by atoms with E-state index in [2.05, 4.69) is 34.5 Å². The number of carbonyl (C=O) groups is 2. The first-order chi connectivity index (χ1) is 15.3. The largest absolute Gasteiger partial charge is 0.490 e. The van der Waals surface area contributed by atoms with Gasteiger partial charge in [-0.3, -0.25) is 19.8 Å². The number of nitro groups is 1. The van der Waals surface area contributed by atoms with E-state index in [1.807, 2.05) is 6.92 Å². The van der Waals surface area contributed by atoms with Crippen molar-refractivity contribution in [2.24, 2.45) is 0 Å². The number of nitro benzene ring substituents is 1. The minimum Gasteiger partial charge on any atom is -0.490 e. The van der Waals surface area contributed by atoms with Crippen molar-refractivity contribution in [2.45, 2.75) is 13.5 Å². The van der Waals surface area contributed by atoms with Gasteiger partial charge < -0.3 is 14.8 Å². The molecule has 1 heterocycles. The second-order valence-corrected chi connectivity index (χ2v) is 7.83. The zero-order chi connectivity index (χ0) is 23.3. The van der Waals surface area contributed by atoms with E-state index in [0.29, 0.717) is 32.8 Å². The highest BCUT2D eigenvalue weighted by Crippen LogP contribution is 2.36. The fourth-order valence-corrected chi connectivity index (χ4v) is 3.80. The van der Waals surface area contributed by atoms with Gasteiger partial charge in [-0.05, 0) is 58.9 Å². The number of carbonyl (C=O) groups excluding carboxylic acids is 2. The van der Waals surface area contributed by atoms with Crippen LogP contribution in [0.25, 0.3) is 6.08 Å². The minimum absolute atomic E-state index is 0.0124. The van der Waals surface area contributed by atoms with Gasteiger partial charge in [0, 0.05) is 18.7 Å². The van der Waals surface area contributed by atoms with Crippen molar-refractivity contribution in [3.8, 4) is 11.5 Å². The number of hydrogen-bond acceptors (Lipinski definition) is 6. The summed E-state index contributed by atoms with van der Waals surface area (Å²) in [6.07, 6.45) is 3.04. The van der Waals surface area contributed by atoms with E-state index in [-0.39, 0.29) is 24.5 Å². The Labute approximate surface area is 198 Å². The van der Waals surface area contributed by atoms with Gasteiger partial charge in [0.25, 0.3) is 11.6 Å². The topological polar surface area (TPSA) is 111 Å². The summed E-state index contributed by atoms with van der Waals surface area (Å²) in [6.45, 7) is 5.99. The Balaban J connectivity index is 1.86. The highest BCUT2D eigenvalue weighted by atomic mass is 127. The second kappa shape index (κ2) is 10.3. The van der Waals surface area contributed by atoms with Gasteiger partial charge in [-0.2, -0.15) is 0 Å². The molecule has 0 bridgehead atoms. The molecule has 1 fully saturated rings. The maximum absolute atomic E-state index is 12.4. The normalized spacial score (nSPS) is 14.4. The zero-order valence-electron chi connectivity index (χ0n) is 17.2. The molecule has 0 aromatic heterocycles. The average molecular weight is 549 g/mol. The molecular formula is C22H20IN3O6. The zero-order valence-corrected chi connectivity index (χ0v) is 19.3. The first kappa shape index (κ1) is 23.3. The molecule has 3 rings (SSSR count). The van der Waals surface area contributed by atoms with Crippen LogP contribution in [0.2, 0.25) is 0 Å². The molecule has 0 unspecified atom stereocenters. The molecule has 1 aliphatic heterocycles. The molecule has 3 amide bonds. The summed E-state index contributed by atoms with van der Waals surface area (Å²) in [5.74, 6) is 0.501. The molecule has 166 valence electrons. The Morgan fingerprint density at radius 1 is 1.25 bits per heavy atom. The van der Waals surface area contributed by atoms with Crippen molar-refractivity contribution in [1.29, 1.82) is 0 Å². The Hall–Kier alpha value is -3.41. The van der Waals surface area contributed by atoms with E-state index in [9.17, 15) is 19.7 Å². The van der Waals surface area contributed by atoms with E-state index >= 15 is 0 Å². The summed E-state index contributed by atoms with van der Waals surface area (Å²) < 4.78 is 12.4. The lowest BCUT2D eigenvalue weighted by atomic mass is 10.1. The van der Waals surface area contributed by atoms with Gasteiger partial charge in [0.15, 0.2) is 11.5 Å². The number of hydrogen-bond donors (Lipinski definition) is 1. The highest BCUT2D eigenvalue weighted by Gasteiger charge is 2.32. The van der Waals surface area contributed by atoms with Gasteiger partial charge in [0.2, 0.25) is 0 Å². The Kier molecular flexibility index (Phi) is 7.46. The van der Waals surface area contributed by atoms with Crippen LogP contribution < -0.4 is 14.8 Å². The van der Waals surface area contributed by atoms with E-state index in [4.69, 9.17) is 9.47 Å². The predicted molar refractivity (Wildman–Crippen MR) is 126 cm³/mol. The number of benzene rings is 2. The van der Waals surface area contributed by atoms with Crippen LogP contribution in [0.4, 0.5) is 10.5 Å². The summed E-state index contributed by atoms with van der Waals surface area (Å²) in [5, 5.41) is 13.5. The van der Waals surface area contributed by atoms with Crippen LogP contribution in [0.1, 0.15) is 18.1 Å². The molecule has 2 aromatic rings. The number of rotatable bonds is 9. The van der Waals surface area contributed by atoms with Crippen LogP contribution >= 0.6 is 22.6 Å². The first-order valence-electron chi connectivity index (χ1n) is 9.62. The number of nitrogens with zero attached hydrogens (tertiary/aromatic N) is 2. The molecule has 10 heteroatoms. The molecule has 0 aliphatic carbocycles. The van der Waals surface area contributed by atoms with Gasteiger partial charge in [-0.15, -0.1) is 6.58 Å². The SMILES string of the molecule is C=CCN1C(=O)N/C(=C/c2cc(I)c(OCc3cccc([N+](=O)[O-])c3)c(OCC)c2)C1=O. The molecule has 0 saturated carbocycles. The van der Waals surface area contributed by atoms with Gasteiger partial charge in [0.1, 0.15) is 12.3 Å². The maximum Gasteiger partial charge on any atom is 0.329 e. The number of imide groups is 1. The van der Waals surface area contributed by atoms with E-state index in [1.54, 1.807) is 30.3 Å². The van der Waals surface area contributed by atoms with Gasteiger partial charge >= 0.3 is 6.03 Å². The van der Waals surface area contributed by atoms with Crippen molar-refractivity contribution in [3.05, 3.63) is 79.6 Å². The lowest BCUT2D eigenvalue weighted by Gasteiger charge is -2.15. The molecule has 1 aliphatic rings. The highest BCUT2D eigenvalue weighted by molar-refractivity contribution is 14.1. The Morgan fingerprint density at radius 3 is 2.72 bits per heavy atom. The molecule has 1 saturated heterocycles. The standard InChI is InChI=1S/C22H20IN3O6/c1-3-8-25-21(27)18(24-22(25)28)11-15-10-17(23)20(19(12-15)31-4-2)32-13-14-6-5-7-16(9-14)26(29)30/h3,5-7,9-12H,1,4,8,13H2,2H3,(H,24,28)/b18-11+. The van der Waals surface area contributed by atoms with Crippen LogP contribution in [0.5, 0.6) is 11.5 Å². The third-order valence-electron chi connectivity index (χ3n) is 4.42. The molecule has 0 radical (unpaired) electrons. The molecule has 0 spiro atoms. The summed E-state index contributed by atoms with van der Waals surface area (Å²) in [6, 6.07) is 9.20.